The van der Waals surface area contributed by atoms with Crippen LogP contribution in [0.2, 0.25) is 0 Å². The van der Waals surface area contributed by atoms with E-state index in [-0.39, 0.29) is 11.9 Å². The SMILES string of the molecule is C=CCc1cc(C(=O)N[C@H](C)c2ccc(N3CCC[C@@H](C)C3)cc2)ccc1OC. The zero-order chi connectivity index (χ0) is 20.8. The highest BCUT2D eigenvalue weighted by Crippen LogP contribution is 2.25. The summed E-state index contributed by atoms with van der Waals surface area (Å²) < 4.78 is 5.37. The number of hydrogen-bond donors (Lipinski definition) is 1. The number of carbonyl (C=O) groups is 1. The normalized spacial score (nSPS) is 17.5. The number of nitrogens with one attached hydrogen (secondary N) is 1. The minimum atomic E-state index is -0.0839. The Morgan fingerprint density at radius 1 is 1.31 bits per heavy atom. The van der Waals surface area contributed by atoms with Gasteiger partial charge in [-0.3, -0.25) is 4.79 Å². The van der Waals surface area contributed by atoms with Gasteiger partial charge in [0.05, 0.1) is 13.2 Å². The fraction of sp³-hybridized carbons (Fsp3) is 0.400. The standard InChI is InChI=1S/C25H32N2O2/c1-5-7-21-16-22(11-14-24(21)29-4)25(28)26-19(3)20-9-12-23(13-10-20)27-15-6-8-18(2)17-27/h5,9-14,16,18-19H,1,6-8,15,17H2,2-4H3,(H,26,28)/t18-,19-/m1/s1. The van der Waals surface area contributed by atoms with Gasteiger partial charge in [-0.1, -0.05) is 25.1 Å². The molecule has 0 spiro atoms. The molecule has 1 aliphatic heterocycles. The van der Waals surface area contributed by atoms with Gasteiger partial charge in [0.25, 0.3) is 5.91 Å². The van der Waals surface area contributed by atoms with Gasteiger partial charge in [0.2, 0.25) is 0 Å². The third kappa shape index (κ3) is 5.20. The predicted octanol–water partition coefficient (Wildman–Crippen LogP) is 5.15. The number of hydrogen-bond acceptors (Lipinski definition) is 3. The molecule has 0 saturated carbocycles. The van der Waals surface area contributed by atoms with Gasteiger partial charge in [0.15, 0.2) is 0 Å². The summed E-state index contributed by atoms with van der Waals surface area (Å²) in [5, 5.41) is 3.11. The summed E-state index contributed by atoms with van der Waals surface area (Å²) in [4.78, 5) is 15.2. The molecule has 154 valence electrons. The second-order valence-electron chi connectivity index (χ2n) is 8.00. The van der Waals surface area contributed by atoms with Crippen LogP contribution in [0.1, 0.15) is 54.2 Å². The Morgan fingerprint density at radius 2 is 2.07 bits per heavy atom. The van der Waals surface area contributed by atoms with E-state index < -0.39 is 0 Å². The van der Waals surface area contributed by atoms with Crippen molar-refractivity contribution in [2.45, 2.75) is 39.2 Å². The first kappa shape index (κ1) is 21.0. The van der Waals surface area contributed by atoms with Gasteiger partial charge in [-0.25, -0.2) is 0 Å². The first-order valence-electron chi connectivity index (χ1n) is 10.5. The number of methoxy groups -OCH3 is 1. The summed E-state index contributed by atoms with van der Waals surface area (Å²) in [6.07, 6.45) is 5.05. The van der Waals surface area contributed by atoms with E-state index in [1.54, 1.807) is 13.2 Å². The molecule has 0 unspecified atom stereocenters. The molecule has 1 saturated heterocycles. The minimum absolute atomic E-state index is 0.0678. The molecular formula is C25H32N2O2. The fourth-order valence-electron chi connectivity index (χ4n) is 4.00. The number of carbonyl (C=O) groups excluding carboxylic acids is 1. The molecule has 2 atom stereocenters. The third-order valence-corrected chi connectivity index (χ3v) is 5.67. The average molecular weight is 393 g/mol. The van der Waals surface area contributed by atoms with E-state index in [9.17, 15) is 4.79 Å². The number of benzene rings is 2. The van der Waals surface area contributed by atoms with Crippen LogP contribution in [-0.4, -0.2) is 26.1 Å². The van der Waals surface area contributed by atoms with Gasteiger partial charge in [0.1, 0.15) is 5.75 Å². The monoisotopic (exact) mass is 392 g/mol. The van der Waals surface area contributed by atoms with Crippen molar-refractivity contribution in [3.8, 4) is 5.75 Å². The van der Waals surface area contributed by atoms with Crippen molar-refractivity contribution in [3.05, 3.63) is 71.8 Å². The number of rotatable bonds is 7. The van der Waals surface area contributed by atoms with Crippen LogP contribution in [0.3, 0.4) is 0 Å². The second kappa shape index (κ2) is 9.64. The van der Waals surface area contributed by atoms with Crippen LogP contribution in [-0.2, 0) is 6.42 Å². The number of nitrogens with zero attached hydrogens (tertiary/aromatic N) is 1. The molecule has 1 aliphatic rings. The summed E-state index contributed by atoms with van der Waals surface area (Å²) in [6, 6.07) is 14.0. The second-order valence-corrected chi connectivity index (χ2v) is 8.00. The molecule has 29 heavy (non-hydrogen) atoms. The number of amides is 1. The molecule has 4 heteroatoms. The summed E-state index contributed by atoms with van der Waals surface area (Å²) >= 11 is 0. The van der Waals surface area contributed by atoms with Crippen LogP contribution in [0.5, 0.6) is 5.75 Å². The van der Waals surface area contributed by atoms with Crippen molar-refractivity contribution in [1.29, 1.82) is 0 Å². The number of piperidine rings is 1. The van der Waals surface area contributed by atoms with Crippen LogP contribution in [0, 0.1) is 5.92 Å². The highest BCUT2D eigenvalue weighted by atomic mass is 16.5. The van der Waals surface area contributed by atoms with E-state index in [0.29, 0.717) is 12.0 Å². The van der Waals surface area contributed by atoms with Crippen molar-refractivity contribution >= 4 is 11.6 Å². The highest BCUT2D eigenvalue weighted by molar-refractivity contribution is 5.94. The third-order valence-electron chi connectivity index (χ3n) is 5.67. The maximum absolute atomic E-state index is 12.7. The van der Waals surface area contributed by atoms with Gasteiger partial charge in [-0.05, 0) is 73.6 Å². The molecule has 1 fully saturated rings. The molecule has 1 amide bonds. The van der Waals surface area contributed by atoms with E-state index in [0.717, 1.165) is 35.9 Å². The Morgan fingerprint density at radius 3 is 2.72 bits per heavy atom. The van der Waals surface area contributed by atoms with Crippen molar-refractivity contribution in [2.24, 2.45) is 5.92 Å². The average Bonchev–Trinajstić information content (AvgIpc) is 2.74. The lowest BCUT2D eigenvalue weighted by Crippen LogP contribution is -2.34. The lowest BCUT2D eigenvalue weighted by Gasteiger charge is -2.33. The fourth-order valence-corrected chi connectivity index (χ4v) is 4.00. The molecule has 1 N–H and O–H groups in total. The Labute approximate surface area is 174 Å². The maximum Gasteiger partial charge on any atom is 0.251 e. The van der Waals surface area contributed by atoms with Gasteiger partial charge in [-0.2, -0.15) is 0 Å². The summed E-state index contributed by atoms with van der Waals surface area (Å²) in [5.74, 6) is 1.44. The van der Waals surface area contributed by atoms with Crippen LogP contribution in [0.25, 0.3) is 0 Å². The van der Waals surface area contributed by atoms with Crippen molar-refractivity contribution in [1.82, 2.24) is 5.32 Å². The molecule has 2 aromatic rings. The van der Waals surface area contributed by atoms with Crippen LogP contribution in [0.15, 0.2) is 55.1 Å². The maximum atomic E-state index is 12.7. The molecule has 2 aromatic carbocycles. The number of ether oxygens (including phenoxy) is 1. The smallest absolute Gasteiger partial charge is 0.251 e. The Bertz CT molecular complexity index is 844. The molecule has 3 rings (SSSR count). The molecular weight excluding hydrogens is 360 g/mol. The molecule has 0 aromatic heterocycles. The highest BCUT2D eigenvalue weighted by Gasteiger charge is 2.17. The largest absolute Gasteiger partial charge is 0.496 e. The first-order valence-corrected chi connectivity index (χ1v) is 10.5. The minimum Gasteiger partial charge on any atom is -0.496 e. The van der Waals surface area contributed by atoms with Crippen LogP contribution >= 0.6 is 0 Å². The van der Waals surface area contributed by atoms with Gasteiger partial charge in [0, 0.05) is 24.3 Å². The molecule has 0 radical (unpaired) electrons. The van der Waals surface area contributed by atoms with Crippen molar-refractivity contribution in [3.63, 3.8) is 0 Å². The van der Waals surface area contributed by atoms with Gasteiger partial charge < -0.3 is 15.0 Å². The van der Waals surface area contributed by atoms with E-state index >= 15 is 0 Å². The lowest BCUT2D eigenvalue weighted by atomic mass is 9.99. The van der Waals surface area contributed by atoms with E-state index in [4.69, 9.17) is 4.74 Å². The zero-order valence-electron chi connectivity index (χ0n) is 17.8. The van der Waals surface area contributed by atoms with Gasteiger partial charge >= 0.3 is 0 Å². The quantitative estimate of drug-likeness (QED) is 0.663. The number of allylic oxidation sites excluding steroid dienone is 1. The zero-order valence-corrected chi connectivity index (χ0v) is 17.8. The Hall–Kier alpha value is -2.75. The van der Waals surface area contributed by atoms with Crippen LogP contribution < -0.4 is 15.0 Å². The number of anilines is 1. The van der Waals surface area contributed by atoms with Crippen LogP contribution in [0.4, 0.5) is 5.69 Å². The molecule has 1 heterocycles. The van der Waals surface area contributed by atoms with Gasteiger partial charge in [-0.15, -0.1) is 6.58 Å². The summed E-state index contributed by atoms with van der Waals surface area (Å²) in [6.45, 7) is 10.4. The summed E-state index contributed by atoms with van der Waals surface area (Å²) in [5.41, 5.74) is 3.96. The molecule has 0 aliphatic carbocycles. The molecule has 4 nitrogen and oxygen atoms in total. The van der Waals surface area contributed by atoms with Crippen molar-refractivity contribution in [2.75, 3.05) is 25.1 Å². The predicted molar refractivity (Wildman–Crippen MR) is 120 cm³/mol. The topological polar surface area (TPSA) is 41.6 Å². The van der Waals surface area contributed by atoms with E-state index in [2.05, 4.69) is 48.0 Å². The summed E-state index contributed by atoms with van der Waals surface area (Å²) in [7, 11) is 1.64. The first-order chi connectivity index (χ1) is 14.0. The lowest BCUT2D eigenvalue weighted by molar-refractivity contribution is 0.0939. The van der Waals surface area contributed by atoms with Crippen molar-refractivity contribution < 1.29 is 9.53 Å². The van der Waals surface area contributed by atoms with E-state index in [1.807, 2.05) is 25.1 Å². The Balaban J connectivity index is 1.66. The Kier molecular flexibility index (Phi) is 6.97. The molecule has 0 bridgehead atoms. The van der Waals surface area contributed by atoms with E-state index in [1.165, 1.54) is 18.5 Å².